The van der Waals surface area contributed by atoms with E-state index in [0.29, 0.717) is 11.9 Å². The predicted octanol–water partition coefficient (Wildman–Crippen LogP) is 2.93. The number of halogens is 1. The summed E-state index contributed by atoms with van der Waals surface area (Å²) in [4.78, 5) is 20.4. The van der Waals surface area contributed by atoms with E-state index < -0.39 is 0 Å². The van der Waals surface area contributed by atoms with Crippen LogP contribution in [0, 0.1) is 0 Å². The second kappa shape index (κ2) is 7.76. The Bertz CT molecular complexity index is 767. The van der Waals surface area contributed by atoms with Gasteiger partial charge in [-0.25, -0.2) is 4.98 Å². The van der Waals surface area contributed by atoms with Gasteiger partial charge in [-0.05, 0) is 31.5 Å². The van der Waals surface area contributed by atoms with E-state index in [0.717, 1.165) is 54.8 Å². The maximum absolute atomic E-state index is 13.0. The maximum atomic E-state index is 13.0. The van der Waals surface area contributed by atoms with Crippen LogP contribution in [0.25, 0.3) is 10.9 Å². The summed E-state index contributed by atoms with van der Waals surface area (Å²) in [6.45, 7) is 8.87. The van der Waals surface area contributed by atoms with Crippen molar-refractivity contribution in [1.82, 2.24) is 19.8 Å². The van der Waals surface area contributed by atoms with Gasteiger partial charge in [-0.15, -0.1) is 0 Å². The fourth-order valence-electron chi connectivity index (χ4n) is 3.51. The zero-order valence-electron chi connectivity index (χ0n) is 14.4. The molecule has 1 fully saturated rings. The third kappa shape index (κ3) is 3.41. The standard InChI is InChI=1S/C18H25BrN4O/c1-3-5-16(22-10-8-20-9-11-22)17-21-15-7-6-13(19)12-14(15)18(24)23(17)4-2/h6-7,12,16,20H,3-5,8-11H2,1-2H3. The molecule has 130 valence electrons. The van der Waals surface area contributed by atoms with E-state index in [1.165, 1.54) is 0 Å². The second-order valence-electron chi connectivity index (χ2n) is 6.27. The average molecular weight is 393 g/mol. The average Bonchev–Trinajstić information content (AvgIpc) is 2.61. The summed E-state index contributed by atoms with van der Waals surface area (Å²) in [6.07, 6.45) is 2.10. The highest BCUT2D eigenvalue weighted by molar-refractivity contribution is 9.10. The molecule has 2 heterocycles. The Morgan fingerprint density at radius 1 is 1.29 bits per heavy atom. The van der Waals surface area contributed by atoms with Gasteiger partial charge in [-0.2, -0.15) is 0 Å². The van der Waals surface area contributed by atoms with Crippen molar-refractivity contribution < 1.29 is 0 Å². The molecular weight excluding hydrogens is 368 g/mol. The van der Waals surface area contributed by atoms with Crippen LogP contribution in [0.3, 0.4) is 0 Å². The fourth-order valence-corrected chi connectivity index (χ4v) is 3.87. The summed E-state index contributed by atoms with van der Waals surface area (Å²) < 4.78 is 2.77. The Morgan fingerprint density at radius 2 is 2.04 bits per heavy atom. The Kier molecular flexibility index (Phi) is 5.69. The lowest BCUT2D eigenvalue weighted by Crippen LogP contribution is -2.46. The SMILES string of the molecule is CCCC(c1nc2ccc(Br)cc2c(=O)n1CC)N1CCNCC1. The molecule has 0 bridgehead atoms. The van der Waals surface area contributed by atoms with Gasteiger partial charge in [0.25, 0.3) is 5.56 Å². The van der Waals surface area contributed by atoms with Gasteiger partial charge in [0, 0.05) is 37.2 Å². The molecule has 1 aliphatic rings. The number of hydrogen-bond acceptors (Lipinski definition) is 4. The molecule has 24 heavy (non-hydrogen) atoms. The summed E-state index contributed by atoms with van der Waals surface area (Å²) in [7, 11) is 0. The highest BCUT2D eigenvalue weighted by Gasteiger charge is 2.26. The van der Waals surface area contributed by atoms with Crippen molar-refractivity contribution in [3.63, 3.8) is 0 Å². The van der Waals surface area contributed by atoms with Crippen molar-refractivity contribution in [3.8, 4) is 0 Å². The molecule has 1 atom stereocenters. The van der Waals surface area contributed by atoms with Gasteiger partial charge in [0.2, 0.25) is 0 Å². The Morgan fingerprint density at radius 3 is 2.71 bits per heavy atom. The zero-order valence-corrected chi connectivity index (χ0v) is 16.0. The maximum Gasteiger partial charge on any atom is 0.261 e. The lowest BCUT2D eigenvalue weighted by atomic mass is 10.1. The topological polar surface area (TPSA) is 50.2 Å². The Labute approximate surface area is 151 Å². The largest absolute Gasteiger partial charge is 0.314 e. The van der Waals surface area contributed by atoms with Gasteiger partial charge < -0.3 is 5.32 Å². The number of fused-ring (bicyclic) bond motifs is 1. The molecular formula is C18H25BrN4O. The minimum absolute atomic E-state index is 0.0648. The molecule has 0 radical (unpaired) electrons. The molecule has 5 nitrogen and oxygen atoms in total. The second-order valence-corrected chi connectivity index (χ2v) is 7.19. The summed E-state index contributed by atoms with van der Waals surface area (Å²) in [5, 5.41) is 4.09. The normalized spacial score (nSPS) is 17.3. The van der Waals surface area contributed by atoms with Crippen LogP contribution >= 0.6 is 15.9 Å². The van der Waals surface area contributed by atoms with E-state index in [1.54, 1.807) is 0 Å². The quantitative estimate of drug-likeness (QED) is 0.849. The van der Waals surface area contributed by atoms with Gasteiger partial charge in [0.05, 0.1) is 16.9 Å². The predicted molar refractivity (Wildman–Crippen MR) is 101 cm³/mol. The summed E-state index contributed by atoms with van der Waals surface area (Å²) >= 11 is 3.46. The minimum atomic E-state index is 0.0648. The van der Waals surface area contributed by atoms with Crippen LogP contribution in [0.5, 0.6) is 0 Å². The molecule has 1 N–H and O–H groups in total. The summed E-state index contributed by atoms with van der Waals surface area (Å²) in [6, 6.07) is 5.97. The van der Waals surface area contributed by atoms with Crippen LogP contribution in [0.1, 0.15) is 38.6 Å². The molecule has 1 saturated heterocycles. The van der Waals surface area contributed by atoms with Crippen LogP contribution in [-0.4, -0.2) is 40.6 Å². The number of aromatic nitrogens is 2. The van der Waals surface area contributed by atoms with E-state index in [2.05, 4.69) is 33.1 Å². The molecule has 6 heteroatoms. The van der Waals surface area contributed by atoms with Crippen molar-refractivity contribution in [2.24, 2.45) is 0 Å². The van der Waals surface area contributed by atoms with Gasteiger partial charge in [-0.1, -0.05) is 29.3 Å². The zero-order chi connectivity index (χ0) is 17.1. The first-order valence-corrected chi connectivity index (χ1v) is 9.59. The van der Waals surface area contributed by atoms with E-state index in [-0.39, 0.29) is 11.6 Å². The van der Waals surface area contributed by atoms with Gasteiger partial charge in [0.15, 0.2) is 0 Å². The van der Waals surface area contributed by atoms with Crippen LogP contribution in [-0.2, 0) is 6.54 Å². The molecule has 2 aromatic rings. The highest BCUT2D eigenvalue weighted by atomic mass is 79.9. The van der Waals surface area contributed by atoms with Crippen molar-refractivity contribution in [2.45, 2.75) is 39.3 Å². The molecule has 1 unspecified atom stereocenters. The molecule has 3 rings (SSSR count). The molecule has 1 aromatic carbocycles. The lowest BCUT2D eigenvalue weighted by molar-refractivity contribution is 0.154. The van der Waals surface area contributed by atoms with Crippen LogP contribution in [0.15, 0.2) is 27.5 Å². The van der Waals surface area contributed by atoms with E-state index in [1.807, 2.05) is 29.7 Å². The number of nitrogens with zero attached hydrogens (tertiary/aromatic N) is 3. The Hall–Kier alpha value is -1.24. The number of rotatable bonds is 5. The minimum Gasteiger partial charge on any atom is -0.314 e. The third-order valence-electron chi connectivity index (χ3n) is 4.71. The number of hydrogen-bond donors (Lipinski definition) is 1. The molecule has 0 spiro atoms. The first kappa shape index (κ1) is 17.6. The first-order chi connectivity index (χ1) is 11.7. The smallest absolute Gasteiger partial charge is 0.261 e. The Balaban J connectivity index is 2.14. The first-order valence-electron chi connectivity index (χ1n) is 8.80. The van der Waals surface area contributed by atoms with Crippen molar-refractivity contribution in [3.05, 3.63) is 38.9 Å². The van der Waals surface area contributed by atoms with Gasteiger partial charge in [-0.3, -0.25) is 14.3 Å². The number of nitrogens with one attached hydrogen (secondary N) is 1. The molecule has 0 saturated carbocycles. The van der Waals surface area contributed by atoms with Crippen LogP contribution in [0.4, 0.5) is 0 Å². The number of benzene rings is 1. The third-order valence-corrected chi connectivity index (χ3v) is 5.21. The molecule has 1 aliphatic heterocycles. The summed E-state index contributed by atoms with van der Waals surface area (Å²) in [5.41, 5.74) is 0.856. The van der Waals surface area contributed by atoms with Gasteiger partial charge in [0.1, 0.15) is 5.82 Å². The molecule has 0 amide bonds. The number of piperazine rings is 1. The van der Waals surface area contributed by atoms with Crippen LogP contribution in [0.2, 0.25) is 0 Å². The van der Waals surface area contributed by atoms with Crippen molar-refractivity contribution in [1.29, 1.82) is 0 Å². The lowest BCUT2D eigenvalue weighted by Gasteiger charge is -2.35. The fraction of sp³-hybridized carbons (Fsp3) is 0.556. The van der Waals surface area contributed by atoms with Crippen LogP contribution < -0.4 is 10.9 Å². The van der Waals surface area contributed by atoms with Crippen molar-refractivity contribution in [2.75, 3.05) is 26.2 Å². The van der Waals surface area contributed by atoms with E-state index >= 15 is 0 Å². The van der Waals surface area contributed by atoms with E-state index in [9.17, 15) is 4.79 Å². The highest BCUT2D eigenvalue weighted by Crippen LogP contribution is 2.26. The van der Waals surface area contributed by atoms with Gasteiger partial charge >= 0.3 is 0 Å². The summed E-state index contributed by atoms with van der Waals surface area (Å²) in [5.74, 6) is 0.918. The monoisotopic (exact) mass is 392 g/mol. The molecule has 1 aromatic heterocycles. The van der Waals surface area contributed by atoms with Crippen molar-refractivity contribution >= 4 is 26.8 Å². The molecule has 0 aliphatic carbocycles. The van der Waals surface area contributed by atoms with E-state index in [4.69, 9.17) is 4.98 Å².